The van der Waals surface area contributed by atoms with Gasteiger partial charge in [-0.15, -0.1) is 0 Å². The molecule has 0 saturated carbocycles. The minimum atomic E-state index is -0.891. The van der Waals surface area contributed by atoms with Crippen LogP contribution in [0.1, 0.15) is 12.5 Å². The Hall–Kier alpha value is -1.69. The van der Waals surface area contributed by atoms with Gasteiger partial charge in [-0.25, -0.2) is 8.78 Å². The van der Waals surface area contributed by atoms with Gasteiger partial charge in [0.15, 0.2) is 17.4 Å². The Balaban J connectivity index is 2.97. The number of rotatable bonds is 5. The van der Waals surface area contributed by atoms with Crippen molar-refractivity contribution in [3.63, 3.8) is 0 Å². The van der Waals surface area contributed by atoms with Gasteiger partial charge in [-0.2, -0.15) is 0 Å². The van der Waals surface area contributed by atoms with Gasteiger partial charge in [-0.3, -0.25) is 5.41 Å². The van der Waals surface area contributed by atoms with Crippen molar-refractivity contribution in [1.29, 1.82) is 5.41 Å². The molecule has 1 atom stereocenters. The van der Waals surface area contributed by atoms with Crippen molar-refractivity contribution < 1.29 is 18.3 Å². The van der Waals surface area contributed by atoms with Crippen LogP contribution in [0.25, 0.3) is 0 Å². The van der Waals surface area contributed by atoms with Gasteiger partial charge in [0, 0.05) is 12.7 Å². The van der Waals surface area contributed by atoms with Gasteiger partial charge in [0.25, 0.3) is 0 Å². The highest BCUT2D eigenvalue weighted by Crippen LogP contribution is 2.24. The number of nitrogen functional groups attached to an aromatic ring is 1. The van der Waals surface area contributed by atoms with Crippen molar-refractivity contribution in [1.82, 2.24) is 0 Å². The third-order valence-electron chi connectivity index (χ3n) is 2.03. The first kappa shape index (κ1) is 13.4. The minimum Gasteiger partial charge on any atom is -0.482 e. The van der Waals surface area contributed by atoms with E-state index in [1.807, 2.05) is 0 Å². The lowest BCUT2D eigenvalue weighted by Crippen LogP contribution is -2.20. The van der Waals surface area contributed by atoms with Gasteiger partial charge < -0.3 is 15.2 Å². The molecule has 0 radical (unpaired) electrons. The molecule has 6 heteroatoms. The number of benzene rings is 1. The average Bonchev–Trinajstić information content (AvgIpc) is 2.23. The highest BCUT2D eigenvalue weighted by Gasteiger charge is 2.16. The predicted molar refractivity (Wildman–Crippen MR) is 59.3 cm³/mol. The molecular formula is C11H14F2N2O2. The third-order valence-corrected chi connectivity index (χ3v) is 2.03. The van der Waals surface area contributed by atoms with E-state index < -0.39 is 29.3 Å². The van der Waals surface area contributed by atoms with E-state index in [0.717, 1.165) is 12.1 Å². The molecule has 0 aliphatic rings. The number of nitrogens with one attached hydrogen (secondary N) is 1. The quantitative estimate of drug-likeness (QED) is 0.611. The number of methoxy groups -OCH3 is 1. The summed E-state index contributed by atoms with van der Waals surface area (Å²) in [5.74, 6) is -2.67. The zero-order valence-electron chi connectivity index (χ0n) is 9.59. The van der Waals surface area contributed by atoms with E-state index in [1.165, 1.54) is 7.11 Å². The molecule has 1 aromatic rings. The summed E-state index contributed by atoms with van der Waals surface area (Å²) in [4.78, 5) is 0. The lowest BCUT2D eigenvalue weighted by molar-refractivity contribution is 0.0862. The maximum atomic E-state index is 13.5. The third kappa shape index (κ3) is 3.39. The minimum absolute atomic E-state index is 0.0215. The number of hydrogen-bond acceptors (Lipinski definition) is 3. The summed E-state index contributed by atoms with van der Waals surface area (Å²) >= 11 is 0. The molecule has 0 amide bonds. The molecule has 0 heterocycles. The standard InChI is InChI=1S/C11H14F2N2O2/c1-6(5-16-2)17-10-8(12)3-7(11(14)15)4-9(10)13/h3-4,6H,5H2,1-2H3,(H3,14,15). The van der Waals surface area contributed by atoms with Crippen LogP contribution >= 0.6 is 0 Å². The second-order valence-corrected chi connectivity index (χ2v) is 3.57. The SMILES string of the molecule is COCC(C)Oc1c(F)cc(C(=N)N)cc1F. The topological polar surface area (TPSA) is 68.3 Å². The highest BCUT2D eigenvalue weighted by molar-refractivity contribution is 5.95. The number of halogens is 2. The molecule has 0 bridgehead atoms. The molecule has 94 valence electrons. The molecule has 1 rings (SSSR count). The van der Waals surface area contributed by atoms with Crippen LogP contribution in [-0.2, 0) is 4.74 Å². The summed E-state index contributed by atoms with van der Waals surface area (Å²) in [7, 11) is 1.46. The van der Waals surface area contributed by atoms with E-state index in [0.29, 0.717) is 0 Å². The zero-order chi connectivity index (χ0) is 13.0. The molecule has 0 spiro atoms. The van der Waals surface area contributed by atoms with Crippen LogP contribution in [0.5, 0.6) is 5.75 Å². The van der Waals surface area contributed by atoms with Gasteiger partial charge in [-0.05, 0) is 19.1 Å². The van der Waals surface area contributed by atoms with Crippen LogP contribution in [0.3, 0.4) is 0 Å². The molecule has 0 aliphatic heterocycles. The monoisotopic (exact) mass is 244 g/mol. The lowest BCUT2D eigenvalue weighted by atomic mass is 10.2. The first-order valence-corrected chi connectivity index (χ1v) is 4.94. The van der Waals surface area contributed by atoms with Crippen LogP contribution in [0.15, 0.2) is 12.1 Å². The van der Waals surface area contributed by atoms with E-state index in [1.54, 1.807) is 6.92 Å². The predicted octanol–water partition coefficient (Wildman–Crippen LogP) is 1.66. The smallest absolute Gasteiger partial charge is 0.191 e. The summed E-state index contributed by atoms with van der Waals surface area (Å²) in [5.41, 5.74) is 5.12. The van der Waals surface area contributed by atoms with Crippen molar-refractivity contribution in [2.45, 2.75) is 13.0 Å². The zero-order valence-corrected chi connectivity index (χ0v) is 9.59. The van der Waals surface area contributed by atoms with Gasteiger partial charge >= 0.3 is 0 Å². The van der Waals surface area contributed by atoms with Crippen LogP contribution in [0, 0.1) is 17.0 Å². The molecule has 0 aliphatic carbocycles. The van der Waals surface area contributed by atoms with Crippen LogP contribution in [0.4, 0.5) is 8.78 Å². The fourth-order valence-corrected chi connectivity index (χ4v) is 1.30. The van der Waals surface area contributed by atoms with Gasteiger partial charge in [0.2, 0.25) is 0 Å². The highest BCUT2D eigenvalue weighted by atomic mass is 19.1. The van der Waals surface area contributed by atoms with Gasteiger partial charge in [-0.1, -0.05) is 0 Å². The van der Waals surface area contributed by atoms with E-state index in [4.69, 9.17) is 20.6 Å². The van der Waals surface area contributed by atoms with E-state index >= 15 is 0 Å². The first-order valence-electron chi connectivity index (χ1n) is 4.94. The molecular weight excluding hydrogens is 230 g/mol. The Morgan fingerprint density at radius 3 is 2.35 bits per heavy atom. The van der Waals surface area contributed by atoms with Crippen molar-refractivity contribution in [3.8, 4) is 5.75 Å². The first-order chi connectivity index (χ1) is 7.95. The molecule has 3 N–H and O–H groups in total. The van der Waals surface area contributed by atoms with Crippen LogP contribution < -0.4 is 10.5 Å². The van der Waals surface area contributed by atoms with Crippen LogP contribution in [0.2, 0.25) is 0 Å². The Labute approximate surface area is 97.8 Å². The molecule has 4 nitrogen and oxygen atoms in total. The van der Waals surface area contributed by atoms with E-state index in [-0.39, 0.29) is 12.2 Å². The number of amidine groups is 1. The second-order valence-electron chi connectivity index (χ2n) is 3.57. The normalized spacial score (nSPS) is 12.2. The number of ether oxygens (including phenoxy) is 2. The summed E-state index contributed by atoms with van der Waals surface area (Å²) in [6.45, 7) is 1.84. The number of nitrogens with two attached hydrogens (primary N) is 1. The average molecular weight is 244 g/mol. The van der Waals surface area contributed by atoms with Crippen LogP contribution in [-0.4, -0.2) is 25.7 Å². The molecule has 0 fully saturated rings. The second kappa shape index (κ2) is 5.58. The molecule has 0 aromatic heterocycles. The summed E-state index contributed by atoms with van der Waals surface area (Å²) in [6.07, 6.45) is -0.479. The Kier molecular flexibility index (Phi) is 4.39. The Bertz CT molecular complexity index is 401. The van der Waals surface area contributed by atoms with Crippen molar-refractivity contribution in [2.24, 2.45) is 5.73 Å². The van der Waals surface area contributed by atoms with E-state index in [9.17, 15) is 8.78 Å². The largest absolute Gasteiger partial charge is 0.482 e. The molecule has 0 saturated heterocycles. The Morgan fingerprint density at radius 1 is 1.41 bits per heavy atom. The van der Waals surface area contributed by atoms with Crippen molar-refractivity contribution >= 4 is 5.84 Å². The lowest BCUT2D eigenvalue weighted by Gasteiger charge is -2.15. The Morgan fingerprint density at radius 2 is 1.94 bits per heavy atom. The molecule has 1 unspecified atom stereocenters. The van der Waals surface area contributed by atoms with Gasteiger partial charge in [0.05, 0.1) is 6.61 Å². The summed E-state index contributed by atoms with van der Waals surface area (Å²) < 4.78 is 36.9. The summed E-state index contributed by atoms with van der Waals surface area (Å²) in [5, 5.41) is 7.09. The van der Waals surface area contributed by atoms with E-state index in [2.05, 4.69) is 0 Å². The van der Waals surface area contributed by atoms with Crippen molar-refractivity contribution in [3.05, 3.63) is 29.3 Å². The maximum Gasteiger partial charge on any atom is 0.191 e. The molecule has 17 heavy (non-hydrogen) atoms. The summed E-state index contributed by atoms with van der Waals surface area (Å²) in [6, 6.07) is 1.92. The molecule has 1 aromatic carbocycles. The van der Waals surface area contributed by atoms with Gasteiger partial charge in [0.1, 0.15) is 11.9 Å². The van der Waals surface area contributed by atoms with Crippen molar-refractivity contribution in [2.75, 3.05) is 13.7 Å². The number of hydrogen-bond donors (Lipinski definition) is 2. The fraction of sp³-hybridized carbons (Fsp3) is 0.364. The fourth-order valence-electron chi connectivity index (χ4n) is 1.30. The maximum absolute atomic E-state index is 13.5.